The molecule has 1 rings (SSSR count). The first kappa shape index (κ1) is 16.0. The van der Waals surface area contributed by atoms with E-state index in [1.165, 1.54) is 0 Å². The Balaban J connectivity index is 2.76. The van der Waals surface area contributed by atoms with Crippen molar-refractivity contribution in [1.29, 1.82) is 0 Å². The lowest BCUT2D eigenvalue weighted by molar-refractivity contribution is -0.141. The van der Waals surface area contributed by atoms with Crippen LogP contribution in [0.4, 0.5) is 13.2 Å². The van der Waals surface area contributed by atoms with Crippen LogP contribution in [0, 0.1) is 0 Å². The Hall–Kier alpha value is -1.09. The number of carbonyl (C=O) groups is 1. The predicted molar refractivity (Wildman–Crippen MR) is 64.5 cm³/mol. The molecule has 0 aliphatic carbocycles. The fraction of sp³-hybridized carbons (Fsp3) is 0.600. The molecule has 1 heterocycles. The van der Waals surface area contributed by atoms with Gasteiger partial charge in [-0.05, 0) is 35.7 Å². The summed E-state index contributed by atoms with van der Waals surface area (Å²) in [4.78, 5) is 11.7. The molecule has 5 nitrogen and oxygen atoms in total. The molecule has 1 aromatic heterocycles. The lowest BCUT2D eigenvalue weighted by Gasteiger charge is -2.12. The molecule has 1 atom stereocenters. The molecule has 108 valence electrons. The van der Waals surface area contributed by atoms with Gasteiger partial charge in [-0.1, -0.05) is 0 Å². The van der Waals surface area contributed by atoms with Crippen molar-refractivity contribution in [3.8, 4) is 0 Å². The zero-order valence-electron chi connectivity index (χ0n) is 10.0. The Labute approximate surface area is 115 Å². The molecule has 0 saturated carbocycles. The number of H-pyrrole nitrogens is 1. The molecule has 0 saturated heterocycles. The number of nitrogens with one attached hydrogen (secondary N) is 2. The minimum atomic E-state index is -4.60. The number of hydrogen-bond donors (Lipinski definition) is 3. The van der Waals surface area contributed by atoms with Crippen LogP contribution in [0.2, 0.25) is 0 Å². The second-order valence-electron chi connectivity index (χ2n) is 4.00. The van der Waals surface area contributed by atoms with Crippen LogP contribution in [0.3, 0.4) is 0 Å². The topological polar surface area (TPSA) is 78.0 Å². The minimum Gasteiger partial charge on any atom is -0.396 e. The molecule has 9 heteroatoms. The van der Waals surface area contributed by atoms with Gasteiger partial charge in [0.2, 0.25) is 0 Å². The maximum Gasteiger partial charge on any atom is 0.433 e. The Kier molecular flexibility index (Phi) is 5.36. The van der Waals surface area contributed by atoms with Crippen molar-refractivity contribution in [2.24, 2.45) is 0 Å². The third kappa shape index (κ3) is 4.20. The summed E-state index contributed by atoms with van der Waals surface area (Å²) in [5.74, 6) is -0.705. The van der Waals surface area contributed by atoms with Gasteiger partial charge in [0.25, 0.3) is 5.91 Å². The molecule has 0 radical (unpaired) electrons. The van der Waals surface area contributed by atoms with Crippen molar-refractivity contribution >= 4 is 21.8 Å². The van der Waals surface area contributed by atoms with E-state index in [2.05, 4.69) is 26.3 Å². The summed E-state index contributed by atoms with van der Waals surface area (Å²) >= 11 is 2.72. The molecule has 0 aliphatic heterocycles. The van der Waals surface area contributed by atoms with Gasteiger partial charge in [0.05, 0.1) is 4.47 Å². The number of carbonyl (C=O) groups excluding carboxylic acids is 1. The van der Waals surface area contributed by atoms with Gasteiger partial charge >= 0.3 is 6.18 Å². The van der Waals surface area contributed by atoms with Crippen LogP contribution < -0.4 is 5.32 Å². The van der Waals surface area contributed by atoms with Gasteiger partial charge in [-0.15, -0.1) is 0 Å². The molecular formula is C10H13BrF3N3O2. The molecule has 1 aromatic rings. The lowest BCUT2D eigenvalue weighted by atomic mass is 10.2. The fourth-order valence-electron chi connectivity index (χ4n) is 1.43. The van der Waals surface area contributed by atoms with Gasteiger partial charge in [-0.3, -0.25) is 9.89 Å². The van der Waals surface area contributed by atoms with Crippen LogP contribution >= 0.6 is 15.9 Å². The van der Waals surface area contributed by atoms with E-state index in [0.29, 0.717) is 12.8 Å². The average Bonchev–Trinajstić information content (AvgIpc) is 2.68. The van der Waals surface area contributed by atoms with E-state index >= 15 is 0 Å². The van der Waals surface area contributed by atoms with E-state index in [4.69, 9.17) is 5.11 Å². The van der Waals surface area contributed by atoms with Crippen molar-refractivity contribution in [3.05, 3.63) is 15.9 Å². The molecule has 0 spiro atoms. The molecule has 0 fully saturated rings. The van der Waals surface area contributed by atoms with Crippen LogP contribution in [-0.2, 0) is 6.18 Å². The molecule has 0 aliphatic rings. The summed E-state index contributed by atoms with van der Waals surface area (Å²) in [6.07, 6.45) is -3.58. The molecular weight excluding hydrogens is 331 g/mol. The van der Waals surface area contributed by atoms with Crippen molar-refractivity contribution in [3.63, 3.8) is 0 Å². The highest BCUT2D eigenvalue weighted by Gasteiger charge is 2.37. The number of amides is 1. The maximum atomic E-state index is 12.5. The molecule has 0 bridgehead atoms. The zero-order chi connectivity index (χ0) is 14.6. The monoisotopic (exact) mass is 343 g/mol. The molecule has 1 amide bonds. The number of nitrogens with zero attached hydrogens (tertiary/aromatic N) is 1. The largest absolute Gasteiger partial charge is 0.433 e. The van der Waals surface area contributed by atoms with E-state index < -0.39 is 22.3 Å². The van der Waals surface area contributed by atoms with Gasteiger partial charge in [0, 0.05) is 12.6 Å². The molecule has 3 N–H and O–H groups in total. The van der Waals surface area contributed by atoms with Crippen LogP contribution in [0.5, 0.6) is 0 Å². The number of alkyl halides is 3. The highest BCUT2D eigenvalue weighted by molar-refractivity contribution is 9.10. The van der Waals surface area contributed by atoms with Crippen LogP contribution in [0.15, 0.2) is 4.47 Å². The number of aromatic nitrogens is 2. The highest BCUT2D eigenvalue weighted by atomic mass is 79.9. The van der Waals surface area contributed by atoms with Crippen LogP contribution in [0.1, 0.15) is 35.9 Å². The summed E-state index contributed by atoms with van der Waals surface area (Å²) in [6, 6.07) is -0.266. The van der Waals surface area contributed by atoms with Crippen molar-refractivity contribution in [2.45, 2.75) is 32.0 Å². The predicted octanol–water partition coefficient (Wildman–Crippen LogP) is 2.08. The first-order valence-electron chi connectivity index (χ1n) is 5.50. The van der Waals surface area contributed by atoms with Gasteiger partial charge < -0.3 is 10.4 Å². The number of rotatable bonds is 5. The summed E-state index contributed by atoms with van der Waals surface area (Å²) in [5, 5.41) is 16.3. The number of aliphatic hydroxyl groups is 1. The normalized spacial score (nSPS) is 13.4. The molecule has 0 aromatic carbocycles. The second kappa shape index (κ2) is 6.38. The SMILES string of the molecule is CC(CCCO)NC(=O)c1n[nH]c(C(F)(F)F)c1Br. The van der Waals surface area contributed by atoms with Gasteiger partial charge in [0.15, 0.2) is 11.4 Å². The van der Waals surface area contributed by atoms with E-state index in [9.17, 15) is 18.0 Å². The quantitative estimate of drug-likeness (QED) is 0.765. The lowest BCUT2D eigenvalue weighted by Crippen LogP contribution is -2.33. The smallest absolute Gasteiger partial charge is 0.396 e. The van der Waals surface area contributed by atoms with Crippen LogP contribution in [-0.4, -0.2) is 33.9 Å². The van der Waals surface area contributed by atoms with E-state index in [1.807, 2.05) is 0 Å². The van der Waals surface area contributed by atoms with Crippen molar-refractivity contribution < 1.29 is 23.1 Å². The number of hydrogen-bond acceptors (Lipinski definition) is 3. The van der Waals surface area contributed by atoms with E-state index in [1.54, 1.807) is 12.0 Å². The number of halogens is 4. The van der Waals surface area contributed by atoms with Crippen molar-refractivity contribution in [2.75, 3.05) is 6.61 Å². The third-order valence-electron chi connectivity index (χ3n) is 2.38. The van der Waals surface area contributed by atoms with Gasteiger partial charge in [0.1, 0.15) is 0 Å². The first-order chi connectivity index (χ1) is 8.77. The van der Waals surface area contributed by atoms with Gasteiger partial charge in [-0.25, -0.2) is 0 Å². The van der Waals surface area contributed by atoms with Crippen LogP contribution in [0.25, 0.3) is 0 Å². The fourth-order valence-corrected chi connectivity index (χ4v) is 2.01. The average molecular weight is 344 g/mol. The molecule has 19 heavy (non-hydrogen) atoms. The van der Waals surface area contributed by atoms with E-state index in [-0.39, 0.29) is 18.3 Å². The summed E-state index contributed by atoms with van der Waals surface area (Å²) in [5.41, 5.74) is -1.44. The Bertz CT molecular complexity index is 448. The Morgan fingerprint density at radius 2 is 2.21 bits per heavy atom. The second-order valence-corrected chi connectivity index (χ2v) is 4.79. The number of aliphatic hydroxyl groups excluding tert-OH is 1. The summed E-state index contributed by atoms with van der Waals surface area (Å²) < 4.78 is 37.1. The first-order valence-corrected chi connectivity index (χ1v) is 6.29. The molecule has 1 unspecified atom stereocenters. The Morgan fingerprint density at radius 3 is 2.68 bits per heavy atom. The highest BCUT2D eigenvalue weighted by Crippen LogP contribution is 2.34. The summed E-state index contributed by atoms with van der Waals surface area (Å²) in [6.45, 7) is 1.68. The number of aromatic amines is 1. The minimum absolute atomic E-state index is 0.00939. The van der Waals surface area contributed by atoms with Gasteiger partial charge in [-0.2, -0.15) is 18.3 Å². The third-order valence-corrected chi connectivity index (χ3v) is 3.15. The van der Waals surface area contributed by atoms with Crippen molar-refractivity contribution in [1.82, 2.24) is 15.5 Å². The summed E-state index contributed by atoms with van der Waals surface area (Å²) in [7, 11) is 0. The standard InChI is InChI=1S/C10H13BrF3N3O2/c1-5(3-2-4-18)15-9(19)7-6(11)8(17-16-7)10(12,13)14/h5,18H,2-4H2,1H3,(H,15,19)(H,16,17). The Morgan fingerprint density at radius 1 is 1.58 bits per heavy atom. The maximum absolute atomic E-state index is 12.5. The van der Waals surface area contributed by atoms with E-state index in [0.717, 1.165) is 0 Å². The zero-order valence-corrected chi connectivity index (χ0v) is 11.6.